The summed E-state index contributed by atoms with van der Waals surface area (Å²) in [6, 6.07) is 5.65. The van der Waals surface area contributed by atoms with Crippen LogP contribution in [-0.4, -0.2) is 37.4 Å². The minimum Gasteiger partial charge on any atom is -0.508 e. The fraction of sp³-hybridized carbons (Fsp3) is 0.133. The van der Waals surface area contributed by atoms with Crippen LogP contribution in [0.15, 0.2) is 30.3 Å². The Balaban J connectivity index is 2.10. The van der Waals surface area contributed by atoms with Gasteiger partial charge in [0.15, 0.2) is 12.2 Å². The second-order valence-corrected chi connectivity index (χ2v) is 4.97. The summed E-state index contributed by atoms with van der Waals surface area (Å²) in [5.41, 5.74) is -0.0576. The smallest absolute Gasteiger partial charge is 0.202 e. The molecule has 114 valence electrons. The molecule has 0 fully saturated rings. The Morgan fingerprint density at radius 2 is 1.45 bits per heavy atom. The molecule has 2 aromatic carbocycles. The van der Waals surface area contributed by atoms with E-state index in [1.54, 1.807) is 0 Å². The van der Waals surface area contributed by atoms with E-state index in [0.717, 1.165) is 18.2 Å². The molecule has 0 saturated carbocycles. The van der Waals surface area contributed by atoms with Crippen molar-refractivity contribution in [1.82, 2.24) is 0 Å². The largest absolute Gasteiger partial charge is 0.508 e. The number of ketones is 1. The second kappa shape index (κ2) is 4.81. The van der Waals surface area contributed by atoms with Crippen LogP contribution in [0.5, 0.6) is 28.7 Å². The van der Waals surface area contributed by atoms with Crippen molar-refractivity contribution >= 4 is 5.78 Å². The molecular weight excluding hydrogens is 292 g/mol. The molecule has 0 bridgehead atoms. The number of rotatable bonds is 1. The van der Waals surface area contributed by atoms with Crippen LogP contribution in [-0.2, 0) is 0 Å². The van der Waals surface area contributed by atoms with Crippen LogP contribution < -0.4 is 4.74 Å². The zero-order valence-corrected chi connectivity index (χ0v) is 11.1. The van der Waals surface area contributed by atoms with Gasteiger partial charge < -0.3 is 30.3 Å². The third kappa shape index (κ3) is 2.17. The van der Waals surface area contributed by atoms with Crippen LogP contribution in [0, 0.1) is 0 Å². The Morgan fingerprint density at radius 1 is 0.864 bits per heavy atom. The van der Waals surface area contributed by atoms with E-state index in [2.05, 4.69) is 0 Å². The monoisotopic (exact) mass is 304 g/mol. The highest BCUT2D eigenvalue weighted by molar-refractivity contribution is 6.05. The number of carbonyl (C=O) groups is 1. The molecular formula is C15H12O7. The average Bonchev–Trinajstić information content (AvgIpc) is 2.40. The zero-order chi connectivity index (χ0) is 16.0. The van der Waals surface area contributed by atoms with Gasteiger partial charge in [0.1, 0.15) is 34.3 Å². The third-order valence-electron chi connectivity index (χ3n) is 3.38. The maximum atomic E-state index is 12.2. The predicted molar refractivity (Wildman–Crippen MR) is 73.2 cm³/mol. The van der Waals surface area contributed by atoms with Crippen LogP contribution in [0.3, 0.4) is 0 Å². The number of phenolic OH excluding ortho intramolecular Hbond substituents is 4. The van der Waals surface area contributed by atoms with Gasteiger partial charge in [-0.2, -0.15) is 0 Å². The van der Waals surface area contributed by atoms with Gasteiger partial charge in [-0.3, -0.25) is 4.79 Å². The van der Waals surface area contributed by atoms with E-state index in [-0.39, 0.29) is 34.1 Å². The predicted octanol–water partition coefficient (Wildman–Crippen LogP) is 1.19. The summed E-state index contributed by atoms with van der Waals surface area (Å²) in [4.78, 5) is 12.2. The lowest BCUT2D eigenvalue weighted by atomic mass is 9.92. The number of Topliss-reactive ketones (excluding diaryl/α,β-unsaturated/α-hetero) is 1. The van der Waals surface area contributed by atoms with E-state index in [1.165, 1.54) is 12.1 Å². The maximum absolute atomic E-state index is 12.2. The van der Waals surface area contributed by atoms with Gasteiger partial charge in [-0.25, -0.2) is 0 Å². The Kier molecular flexibility index (Phi) is 3.07. The number of benzene rings is 2. The first kappa shape index (κ1) is 14.0. The van der Waals surface area contributed by atoms with E-state index in [9.17, 15) is 30.3 Å². The highest BCUT2D eigenvalue weighted by atomic mass is 16.5. The number of carbonyl (C=O) groups excluding carboxylic acids is 1. The lowest BCUT2D eigenvalue weighted by Gasteiger charge is -2.30. The number of aliphatic hydroxyl groups excluding tert-OH is 1. The van der Waals surface area contributed by atoms with Gasteiger partial charge in [-0.1, -0.05) is 0 Å². The number of aromatic hydroxyl groups is 4. The van der Waals surface area contributed by atoms with Crippen molar-refractivity contribution in [1.29, 1.82) is 0 Å². The van der Waals surface area contributed by atoms with E-state index in [4.69, 9.17) is 4.74 Å². The summed E-state index contributed by atoms with van der Waals surface area (Å²) in [6.45, 7) is 0. The molecule has 0 aliphatic carbocycles. The number of hydrogen-bond donors (Lipinski definition) is 5. The van der Waals surface area contributed by atoms with Gasteiger partial charge in [0.05, 0.1) is 0 Å². The molecule has 0 saturated heterocycles. The first-order chi connectivity index (χ1) is 10.4. The summed E-state index contributed by atoms with van der Waals surface area (Å²) in [6.07, 6.45) is -2.83. The molecule has 7 nitrogen and oxygen atoms in total. The molecule has 0 radical (unpaired) electrons. The van der Waals surface area contributed by atoms with Gasteiger partial charge in [0, 0.05) is 23.8 Å². The zero-order valence-electron chi connectivity index (χ0n) is 11.1. The normalized spacial score (nSPS) is 20.3. The van der Waals surface area contributed by atoms with Crippen LogP contribution in [0.25, 0.3) is 0 Å². The Labute approximate surface area is 124 Å². The summed E-state index contributed by atoms with van der Waals surface area (Å²) in [5, 5.41) is 48.3. The van der Waals surface area contributed by atoms with Gasteiger partial charge >= 0.3 is 0 Å². The molecule has 1 aliphatic heterocycles. The molecule has 1 aliphatic rings. The summed E-state index contributed by atoms with van der Waals surface area (Å²) >= 11 is 0. The molecule has 7 heteroatoms. The van der Waals surface area contributed by atoms with Gasteiger partial charge in [-0.15, -0.1) is 0 Å². The van der Waals surface area contributed by atoms with Crippen LogP contribution in [0.4, 0.5) is 0 Å². The van der Waals surface area contributed by atoms with Crippen molar-refractivity contribution in [3.63, 3.8) is 0 Å². The summed E-state index contributed by atoms with van der Waals surface area (Å²) < 4.78 is 5.46. The Hall–Kier alpha value is -2.93. The van der Waals surface area contributed by atoms with Gasteiger partial charge in [0.25, 0.3) is 0 Å². The van der Waals surface area contributed by atoms with Crippen molar-refractivity contribution in [2.24, 2.45) is 0 Å². The number of ether oxygens (including phenoxy) is 1. The van der Waals surface area contributed by atoms with E-state index in [0.29, 0.717) is 0 Å². The van der Waals surface area contributed by atoms with Crippen molar-refractivity contribution < 1.29 is 35.1 Å². The SMILES string of the molecule is O=C1c2c(O)cc(O)cc2OC(c2cc(O)cc(O)c2)C1O. The van der Waals surface area contributed by atoms with Crippen molar-refractivity contribution in [3.8, 4) is 28.7 Å². The number of aliphatic hydroxyl groups is 1. The molecule has 3 rings (SSSR count). The lowest BCUT2D eigenvalue weighted by molar-refractivity contribution is 0.0209. The fourth-order valence-electron chi connectivity index (χ4n) is 2.45. The standard InChI is InChI=1S/C15H12O7/c16-7-1-6(2-8(17)3-7)15-14(21)13(20)12-10(19)4-9(18)5-11(12)22-15/h1-5,14-19,21H. The van der Waals surface area contributed by atoms with Crippen LogP contribution in [0.1, 0.15) is 22.0 Å². The van der Waals surface area contributed by atoms with Crippen molar-refractivity contribution in [2.45, 2.75) is 12.2 Å². The Bertz CT molecular complexity index is 748. The quantitative estimate of drug-likeness (QED) is 0.535. The molecule has 2 atom stereocenters. The summed E-state index contributed by atoms with van der Waals surface area (Å²) in [5.74, 6) is -2.22. The Morgan fingerprint density at radius 3 is 2.09 bits per heavy atom. The molecule has 22 heavy (non-hydrogen) atoms. The number of fused-ring (bicyclic) bond motifs is 1. The highest BCUT2D eigenvalue weighted by Crippen LogP contribution is 2.42. The number of hydrogen-bond acceptors (Lipinski definition) is 7. The van der Waals surface area contributed by atoms with E-state index < -0.39 is 23.7 Å². The number of phenols is 4. The molecule has 1 heterocycles. The molecule has 0 aromatic heterocycles. The molecule has 2 aromatic rings. The molecule has 2 unspecified atom stereocenters. The fourth-order valence-corrected chi connectivity index (χ4v) is 2.45. The van der Waals surface area contributed by atoms with Gasteiger partial charge in [0.2, 0.25) is 5.78 Å². The molecule has 0 spiro atoms. The third-order valence-corrected chi connectivity index (χ3v) is 3.38. The van der Waals surface area contributed by atoms with E-state index in [1.807, 2.05) is 0 Å². The average molecular weight is 304 g/mol. The topological polar surface area (TPSA) is 127 Å². The van der Waals surface area contributed by atoms with Crippen LogP contribution >= 0.6 is 0 Å². The van der Waals surface area contributed by atoms with E-state index >= 15 is 0 Å². The van der Waals surface area contributed by atoms with Crippen molar-refractivity contribution in [3.05, 3.63) is 41.5 Å². The molecule has 5 N–H and O–H groups in total. The summed E-state index contributed by atoms with van der Waals surface area (Å²) in [7, 11) is 0. The van der Waals surface area contributed by atoms with Crippen LogP contribution in [0.2, 0.25) is 0 Å². The van der Waals surface area contributed by atoms with Crippen molar-refractivity contribution in [2.75, 3.05) is 0 Å². The maximum Gasteiger partial charge on any atom is 0.202 e. The second-order valence-electron chi connectivity index (χ2n) is 4.97. The minimum atomic E-state index is -1.64. The highest BCUT2D eigenvalue weighted by Gasteiger charge is 2.39. The molecule has 0 amide bonds. The minimum absolute atomic E-state index is 0.0966. The first-order valence-electron chi connectivity index (χ1n) is 6.34. The van der Waals surface area contributed by atoms with Gasteiger partial charge in [-0.05, 0) is 12.1 Å². The first-order valence-corrected chi connectivity index (χ1v) is 6.34. The lowest BCUT2D eigenvalue weighted by Crippen LogP contribution is -2.36.